The molecule has 8 nitrogen and oxygen atoms in total. The standard InChI is InChI=1S/C16H19N5O3/c1-20-9-13(8-17-20)21-6-5-14(16(21)24)18-11-3-2-4-12(7-11)19-15(23)10-22/h2-4,7-9,14,18,22H,5-6,10H2,1H3,(H,19,23)/t14-/m0/s1. The molecule has 126 valence electrons. The highest BCUT2D eigenvalue weighted by atomic mass is 16.3. The van der Waals surface area contributed by atoms with E-state index in [1.165, 1.54) is 0 Å². The third-order valence-corrected chi connectivity index (χ3v) is 3.84. The van der Waals surface area contributed by atoms with Gasteiger partial charge in [0.05, 0.1) is 11.9 Å². The quantitative estimate of drug-likeness (QED) is 0.745. The fourth-order valence-corrected chi connectivity index (χ4v) is 2.71. The van der Waals surface area contributed by atoms with E-state index >= 15 is 0 Å². The summed E-state index contributed by atoms with van der Waals surface area (Å²) >= 11 is 0. The first-order valence-electron chi connectivity index (χ1n) is 7.64. The van der Waals surface area contributed by atoms with Crippen LogP contribution in [-0.4, -0.2) is 45.9 Å². The summed E-state index contributed by atoms with van der Waals surface area (Å²) in [5.41, 5.74) is 2.08. The van der Waals surface area contributed by atoms with Gasteiger partial charge in [-0.05, 0) is 24.6 Å². The van der Waals surface area contributed by atoms with Crippen LogP contribution in [0.25, 0.3) is 0 Å². The van der Waals surface area contributed by atoms with E-state index < -0.39 is 12.5 Å². The lowest BCUT2D eigenvalue weighted by Gasteiger charge is -2.16. The summed E-state index contributed by atoms with van der Waals surface area (Å²) in [4.78, 5) is 25.5. The number of nitrogens with zero attached hydrogens (tertiary/aromatic N) is 3. The summed E-state index contributed by atoms with van der Waals surface area (Å²) in [7, 11) is 1.81. The Kier molecular flexibility index (Phi) is 4.48. The van der Waals surface area contributed by atoms with Crippen LogP contribution in [0.4, 0.5) is 17.1 Å². The van der Waals surface area contributed by atoms with Crippen LogP contribution in [0.2, 0.25) is 0 Å². The van der Waals surface area contributed by atoms with Crippen LogP contribution in [0.3, 0.4) is 0 Å². The molecule has 1 saturated heterocycles. The van der Waals surface area contributed by atoms with Gasteiger partial charge in [-0.1, -0.05) is 6.07 Å². The number of amides is 2. The second-order valence-corrected chi connectivity index (χ2v) is 5.63. The topological polar surface area (TPSA) is 99.5 Å². The lowest BCUT2D eigenvalue weighted by atomic mass is 10.2. The third kappa shape index (κ3) is 3.38. The molecule has 0 aliphatic carbocycles. The van der Waals surface area contributed by atoms with Gasteiger partial charge in [-0.15, -0.1) is 0 Å². The van der Waals surface area contributed by atoms with Crippen molar-refractivity contribution in [3.8, 4) is 0 Å². The number of aliphatic hydroxyl groups is 1. The number of carbonyl (C=O) groups is 2. The zero-order chi connectivity index (χ0) is 17.1. The molecule has 0 bridgehead atoms. The van der Waals surface area contributed by atoms with Gasteiger partial charge in [0.1, 0.15) is 12.6 Å². The van der Waals surface area contributed by atoms with Crippen molar-refractivity contribution in [1.82, 2.24) is 9.78 Å². The molecule has 0 spiro atoms. The Bertz CT molecular complexity index is 758. The molecule has 1 aliphatic heterocycles. The molecule has 0 saturated carbocycles. The number of aliphatic hydroxyl groups excluding tert-OH is 1. The van der Waals surface area contributed by atoms with Gasteiger partial charge < -0.3 is 20.6 Å². The minimum Gasteiger partial charge on any atom is -0.387 e. The number of hydrogen-bond donors (Lipinski definition) is 3. The molecule has 2 aromatic rings. The highest BCUT2D eigenvalue weighted by molar-refractivity contribution is 6.01. The summed E-state index contributed by atoms with van der Waals surface area (Å²) in [6, 6.07) is 6.72. The molecule has 8 heteroatoms. The maximum atomic E-state index is 12.6. The molecule has 1 fully saturated rings. The first kappa shape index (κ1) is 16.0. The van der Waals surface area contributed by atoms with Crippen molar-refractivity contribution >= 4 is 28.9 Å². The highest BCUT2D eigenvalue weighted by Crippen LogP contribution is 2.24. The van der Waals surface area contributed by atoms with E-state index in [9.17, 15) is 9.59 Å². The minimum atomic E-state index is -0.571. The molecular formula is C16H19N5O3. The number of benzene rings is 1. The fraction of sp³-hybridized carbons (Fsp3) is 0.312. The van der Waals surface area contributed by atoms with Gasteiger partial charge in [0.25, 0.3) is 0 Å². The Balaban J connectivity index is 1.67. The highest BCUT2D eigenvalue weighted by Gasteiger charge is 2.33. The van der Waals surface area contributed by atoms with Crippen LogP contribution >= 0.6 is 0 Å². The average Bonchev–Trinajstić information content (AvgIpc) is 3.14. The second kappa shape index (κ2) is 6.71. The summed E-state index contributed by atoms with van der Waals surface area (Å²) in [5, 5.41) is 18.6. The van der Waals surface area contributed by atoms with Gasteiger partial charge in [-0.3, -0.25) is 14.3 Å². The van der Waals surface area contributed by atoms with Crippen molar-refractivity contribution in [2.45, 2.75) is 12.5 Å². The van der Waals surface area contributed by atoms with Crippen molar-refractivity contribution in [2.75, 3.05) is 28.7 Å². The van der Waals surface area contributed by atoms with E-state index in [-0.39, 0.29) is 11.9 Å². The van der Waals surface area contributed by atoms with Crippen LogP contribution in [0.5, 0.6) is 0 Å². The van der Waals surface area contributed by atoms with Crippen molar-refractivity contribution in [1.29, 1.82) is 0 Å². The van der Waals surface area contributed by atoms with E-state index in [4.69, 9.17) is 5.11 Å². The first-order valence-corrected chi connectivity index (χ1v) is 7.64. The molecule has 3 rings (SSSR count). The number of nitrogens with one attached hydrogen (secondary N) is 2. The molecule has 1 atom stereocenters. The molecule has 1 aliphatic rings. The summed E-state index contributed by atoms with van der Waals surface area (Å²) in [6.07, 6.45) is 4.16. The molecule has 3 N–H and O–H groups in total. The van der Waals surface area contributed by atoms with Crippen molar-refractivity contribution in [2.24, 2.45) is 7.05 Å². The molecular weight excluding hydrogens is 310 g/mol. The Morgan fingerprint density at radius 1 is 1.42 bits per heavy atom. The molecule has 0 radical (unpaired) electrons. The number of hydrogen-bond acceptors (Lipinski definition) is 5. The van der Waals surface area contributed by atoms with Crippen molar-refractivity contribution in [3.05, 3.63) is 36.7 Å². The van der Waals surface area contributed by atoms with E-state index in [0.29, 0.717) is 18.7 Å². The van der Waals surface area contributed by atoms with Gasteiger partial charge in [0.2, 0.25) is 11.8 Å². The Labute approximate surface area is 139 Å². The molecule has 0 unspecified atom stereocenters. The predicted octanol–water partition coefficient (Wildman–Crippen LogP) is 0.568. The van der Waals surface area contributed by atoms with Crippen molar-refractivity contribution in [3.63, 3.8) is 0 Å². The maximum Gasteiger partial charge on any atom is 0.250 e. The van der Waals surface area contributed by atoms with Crippen molar-refractivity contribution < 1.29 is 14.7 Å². The first-order chi connectivity index (χ1) is 11.6. The van der Waals surface area contributed by atoms with Gasteiger partial charge in [0, 0.05) is 31.2 Å². The molecule has 1 aromatic heterocycles. The number of aromatic nitrogens is 2. The largest absolute Gasteiger partial charge is 0.387 e. The zero-order valence-corrected chi connectivity index (χ0v) is 13.3. The van der Waals surface area contributed by atoms with Gasteiger partial charge in [-0.25, -0.2) is 0 Å². The van der Waals surface area contributed by atoms with E-state index in [1.807, 2.05) is 19.3 Å². The van der Waals surface area contributed by atoms with Gasteiger partial charge in [-0.2, -0.15) is 5.10 Å². The predicted molar refractivity (Wildman–Crippen MR) is 89.7 cm³/mol. The number of aryl methyl sites for hydroxylation is 1. The van der Waals surface area contributed by atoms with E-state index in [2.05, 4.69) is 15.7 Å². The number of anilines is 3. The molecule has 2 amide bonds. The smallest absolute Gasteiger partial charge is 0.250 e. The van der Waals surface area contributed by atoms with Gasteiger partial charge in [0.15, 0.2) is 0 Å². The zero-order valence-electron chi connectivity index (χ0n) is 13.3. The minimum absolute atomic E-state index is 0.00667. The van der Waals surface area contributed by atoms with Gasteiger partial charge >= 0.3 is 0 Å². The number of carbonyl (C=O) groups excluding carboxylic acids is 2. The van der Waals surface area contributed by atoms with Crippen LogP contribution < -0.4 is 15.5 Å². The summed E-state index contributed by atoms with van der Waals surface area (Å²) < 4.78 is 1.66. The SMILES string of the molecule is Cn1cc(N2CC[C@H](Nc3cccc(NC(=O)CO)c3)C2=O)cn1. The van der Waals surface area contributed by atoms with E-state index in [1.54, 1.807) is 34.0 Å². The van der Waals surface area contributed by atoms with Crippen LogP contribution in [0.15, 0.2) is 36.7 Å². The lowest BCUT2D eigenvalue weighted by molar-refractivity contribution is -0.119. The molecule has 24 heavy (non-hydrogen) atoms. The maximum absolute atomic E-state index is 12.6. The average molecular weight is 329 g/mol. The second-order valence-electron chi connectivity index (χ2n) is 5.63. The summed E-state index contributed by atoms with van der Waals surface area (Å²) in [6.45, 7) is 0.0575. The Morgan fingerprint density at radius 2 is 2.21 bits per heavy atom. The normalized spacial score (nSPS) is 17.2. The molecule has 2 heterocycles. The molecule has 1 aromatic carbocycles. The third-order valence-electron chi connectivity index (χ3n) is 3.84. The fourth-order valence-electron chi connectivity index (χ4n) is 2.71. The number of rotatable bonds is 5. The van der Waals surface area contributed by atoms with Crippen LogP contribution in [0.1, 0.15) is 6.42 Å². The lowest BCUT2D eigenvalue weighted by Crippen LogP contribution is -2.33. The van der Waals surface area contributed by atoms with Crippen LogP contribution in [-0.2, 0) is 16.6 Å². The van der Waals surface area contributed by atoms with Crippen LogP contribution in [0, 0.1) is 0 Å². The van der Waals surface area contributed by atoms with E-state index in [0.717, 1.165) is 11.4 Å². The summed E-state index contributed by atoms with van der Waals surface area (Å²) in [5.74, 6) is -0.486. The Hall–Kier alpha value is -2.87. The Morgan fingerprint density at radius 3 is 2.92 bits per heavy atom. The monoisotopic (exact) mass is 329 g/mol.